The molecule has 112 valence electrons. The molecule has 0 saturated heterocycles. The van der Waals surface area contributed by atoms with E-state index in [1.54, 1.807) is 0 Å². The van der Waals surface area contributed by atoms with Crippen LogP contribution in [0.4, 0.5) is 0 Å². The Kier molecular flexibility index (Phi) is 6.41. The molecule has 0 aliphatic heterocycles. The third kappa shape index (κ3) is 4.42. The lowest BCUT2D eigenvalue weighted by molar-refractivity contribution is 0.0695. The Morgan fingerprint density at radius 1 is 1.35 bits per heavy atom. The maximum absolute atomic E-state index is 12.1. The second-order valence-corrected chi connectivity index (χ2v) is 7.41. The average molecular weight is 411 g/mol. The van der Waals surface area contributed by atoms with Crippen molar-refractivity contribution >= 4 is 38.6 Å². The van der Waals surface area contributed by atoms with Crippen LogP contribution in [0, 0.1) is 9.49 Å². The molecule has 0 fully saturated rings. The molecular formula is C13H18INO4S. The van der Waals surface area contributed by atoms with Gasteiger partial charge < -0.3 is 5.11 Å². The molecule has 0 heterocycles. The first-order chi connectivity index (χ1) is 9.31. The highest BCUT2D eigenvalue weighted by Crippen LogP contribution is 2.18. The number of halogens is 1. The van der Waals surface area contributed by atoms with Crippen molar-refractivity contribution in [2.75, 3.05) is 6.54 Å². The highest BCUT2D eigenvalue weighted by atomic mass is 127. The average Bonchev–Trinajstić information content (AvgIpc) is 2.39. The predicted molar refractivity (Wildman–Crippen MR) is 85.4 cm³/mol. The van der Waals surface area contributed by atoms with Crippen LogP contribution < -0.4 is 4.72 Å². The summed E-state index contributed by atoms with van der Waals surface area (Å²) in [5.74, 6) is -0.848. The number of carboxylic acid groups (broad SMARTS) is 1. The molecule has 0 atom stereocenters. The maximum atomic E-state index is 12.1. The van der Waals surface area contributed by atoms with Crippen LogP contribution in [0.5, 0.6) is 0 Å². The molecule has 0 aliphatic carbocycles. The Hall–Kier alpha value is -0.670. The highest BCUT2D eigenvalue weighted by molar-refractivity contribution is 14.1. The number of rotatable bonds is 7. The summed E-state index contributed by atoms with van der Waals surface area (Å²) in [6, 6.07) is 4.11. The summed E-state index contributed by atoms with van der Waals surface area (Å²) in [6.45, 7) is 4.38. The number of nitrogens with one attached hydrogen (secondary N) is 1. The monoisotopic (exact) mass is 411 g/mol. The standard InChI is InChI=1S/C13H18INO4S/c1-3-9(4-2)8-15-20(18,19)10-5-6-12(14)11(7-10)13(16)17/h5-7,9,15H,3-4,8H2,1-2H3,(H,16,17). The summed E-state index contributed by atoms with van der Waals surface area (Å²) in [5.41, 5.74) is -0.00370. The van der Waals surface area contributed by atoms with Crippen LogP contribution in [0.2, 0.25) is 0 Å². The lowest BCUT2D eigenvalue weighted by Crippen LogP contribution is -2.29. The minimum Gasteiger partial charge on any atom is -0.478 e. The van der Waals surface area contributed by atoms with Gasteiger partial charge in [-0.2, -0.15) is 0 Å². The minimum atomic E-state index is -3.66. The van der Waals surface area contributed by atoms with Crippen molar-refractivity contribution in [2.45, 2.75) is 31.6 Å². The number of carbonyl (C=O) groups is 1. The second-order valence-electron chi connectivity index (χ2n) is 4.48. The van der Waals surface area contributed by atoms with E-state index >= 15 is 0 Å². The summed E-state index contributed by atoms with van der Waals surface area (Å²) in [5, 5.41) is 9.03. The van der Waals surface area contributed by atoms with E-state index in [0.717, 1.165) is 12.8 Å². The van der Waals surface area contributed by atoms with Gasteiger partial charge in [0, 0.05) is 10.1 Å². The van der Waals surface area contributed by atoms with E-state index < -0.39 is 16.0 Å². The van der Waals surface area contributed by atoms with Crippen molar-refractivity contribution in [1.82, 2.24) is 4.72 Å². The van der Waals surface area contributed by atoms with Gasteiger partial charge in [-0.3, -0.25) is 0 Å². The smallest absolute Gasteiger partial charge is 0.336 e. The van der Waals surface area contributed by atoms with Crippen LogP contribution in [0.3, 0.4) is 0 Å². The van der Waals surface area contributed by atoms with Gasteiger partial charge >= 0.3 is 5.97 Å². The van der Waals surface area contributed by atoms with Crippen LogP contribution in [0.15, 0.2) is 23.1 Å². The van der Waals surface area contributed by atoms with E-state index in [2.05, 4.69) is 4.72 Å². The van der Waals surface area contributed by atoms with Gasteiger partial charge in [0.05, 0.1) is 10.5 Å². The van der Waals surface area contributed by atoms with Gasteiger partial charge in [-0.15, -0.1) is 0 Å². The summed E-state index contributed by atoms with van der Waals surface area (Å²) in [7, 11) is -3.66. The van der Waals surface area contributed by atoms with Crippen molar-refractivity contribution in [2.24, 2.45) is 5.92 Å². The van der Waals surface area contributed by atoms with Crippen LogP contribution >= 0.6 is 22.6 Å². The van der Waals surface area contributed by atoms with Crippen LogP contribution in [-0.2, 0) is 10.0 Å². The van der Waals surface area contributed by atoms with Crippen LogP contribution in [0.25, 0.3) is 0 Å². The molecule has 0 unspecified atom stereocenters. The van der Waals surface area contributed by atoms with Crippen molar-refractivity contribution in [1.29, 1.82) is 0 Å². The molecule has 0 aromatic heterocycles. The first kappa shape index (κ1) is 17.4. The zero-order chi connectivity index (χ0) is 15.3. The SMILES string of the molecule is CCC(CC)CNS(=O)(=O)c1ccc(I)c(C(=O)O)c1. The van der Waals surface area contributed by atoms with Crippen molar-refractivity contribution in [3.05, 3.63) is 27.3 Å². The Morgan fingerprint density at radius 3 is 2.45 bits per heavy atom. The fraction of sp³-hybridized carbons (Fsp3) is 0.462. The van der Waals surface area contributed by atoms with Crippen LogP contribution in [0.1, 0.15) is 37.0 Å². The number of carboxylic acids is 1. The molecule has 1 aromatic rings. The molecule has 0 saturated carbocycles. The van der Waals surface area contributed by atoms with Crippen LogP contribution in [-0.4, -0.2) is 26.0 Å². The topological polar surface area (TPSA) is 83.5 Å². The number of benzene rings is 1. The Balaban J connectivity index is 2.98. The number of hydrogen-bond donors (Lipinski definition) is 2. The van der Waals surface area contributed by atoms with E-state index in [-0.39, 0.29) is 16.4 Å². The molecule has 0 radical (unpaired) electrons. The van der Waals surface area contributed by atoms with E-state index in [4.69, 9.17) is 5.11 Å². The summed E-state index contributed by atoms with van der Waals surface area (Å²) in [4.78, 5) is 11.0. The minimum absolute atomic E-state index is 0.00370. The van der Waals surface area contributed by atoms with Crippen molar-refractivity contribution in [3.8, 4) is 0 Å². The number of sulfonamides is 1. The summed E-state index contributed by atoms with van der Waals surface area (Å²) < 4.78 is 27.3. The lowest BCUT2D eigenvalue weighted by Gasteiger charge is -2.14. The lowest BCUT2D eigenvalue weighted by atomic mass is 10.0. The van der Waals surface area contributed by atoms with Gasteiger partial charge in [-0.1, -0.05) is 26.7 Å². The second kappa shape index (κ2) is 7.37. The zero-order valence-electron chi connectivity index (χ0n) is 11.4. The molecule has 5 nitrogen and oxygen atoms in total. The molecule has 7 heteroatoms. The van der Waals surface area contributed by atoms with Gasteiger partial charge in [0.1, 0.15) is 0 Å². The van der Waals surface area contributed by atoms with E-state index in [1.807, 2.05) is 36.4 Å². The fourth-order valence-electron chi connectivity index (χ4n) is 1.72. The Bertz CT molecular complexity index is 582. The van der Waals surface area contributed by atoms with Gasteiger partial charge in [-0.05, 0) is 46.7 Å². The normalized spacial score (nSPS) is 11.8. The molecule has 1 aromatic carbocycles. The maximum Gasteiger partial charge on any atom is 0.336 e. The first-order valence-electron chi connectivity index (χ1n) is 6.34. The summed E-state index contributed by atoms with van der Waals surface area (Å²) >= 11 is 1.87. The van der Waals surface area contributed by atoms with Gasteiger partial charge in [0.15, 0.2) is 0 Å². The Labute approximate surface area is 133 Å². The largest absolute Gasteiger partial charge is 0.478 e. The van der Waals surface area contributed by atoms with Gasteiger partial charge in [0.2, 0.25) is 10.0 Å². The zero-order valence-corrected chi connectivity index (χ0v) is 14.4. The molecule has 1 rings (SSSR count). The predicted octanol–water partition coefficient (Wildman–Crippen LogP) is 2.70. The fourth-order valence-corrected chi connectivity index (χ4v) is 3.43. The van der Waals surface area contributed by atoms with E-state index in [0.29, 0.717) is 10.1 Å². The molecule has 0 spiro atoms. The quantitative estimate of drug-likeness (QED) is 0.676. The molecule has 2 N–H and O–H groups in total. The molecule has 0 aliphatic rings. The van der Waals surface area contributed by atoms with Gasteiger partial charge in [0.25, 0.3) is 0 Å². The first-order valence-corrected chi connectivity index (χ1v) is 8.90. The van der Waals surface area contributed by atoms with E-state index in [1.165, 1.54) is 18.2 Å². The summed E-state index contributed by atoms with van der Waals surface area (Å²) in [6.07, 6.45) is 1.79. The number of aromatic carboxylic acids is 1. The van der Waals surface area contributed by atoms with E-state index in [9.17, 15) is 13.2 Å². The molecular weight excluding hydrogens is 393 g/mol. The molecule has 0 bridgehead atoms. The highest BCUT2D eigenvalue weighted by Gasteiger charge is 2.19. The molecule has 20 heavy (non-hydrogen) atoms. The third-order valence-electron chi connectivity index (χ3n) is 3.20. The van der Waals surface area contributed by atoms with Crippen molar-refractivity contribution in [3.63, 3.8) is 0 Å². The third-order valence-corrected chi connectivity index (χ3v) is 5.56. The number of hydrogen-bond acceptors (Lipinski definition) is 3. The molecule has 0 amide bonds. The van der Waals surface area contributed by atoms with Gasteiger partial charge in [-0.25, -0.2) is 17.9 Å². The van der Waals surface area contributed by atoms with Crippen molar-refractivity contribution < 1.29 is 18.3 Å². The Morgan fingerprint density at radius 2 is 1.95 bits per heavy atom.